The van der Waals surface area contributed by atoms with Crippen molar-refractivity contribution in [1.82, 2.24) is 9.78 Å². The minimum absolute atomic E-state index is 0.158. The standard InChI is InChI=1S/C13H12F2N2O2/c1-7-11(6-12(18)19)17(2)16-13(7)9-4-3-8(14)5-10(9)15/h3-5H,6H2,1-2H3,(H,18,19). The summed E-state index contributed by atoms with van der Waals surface area (Å²) in [6.45, 7) is 1.67. The second-order valence-corrected chi connectivity index (χ2v) is 4.24. The molecule has 0 saturated heterocycles. The van der Waals surface area contributed by atoms with Crippen molar-refractivity contribution in [2.75, 3.05) is 0 Å². The Labute approximate surface area is 108 Å². The number of aryl methyl sites for hydroxylation is 1. The van der Waals surface area contributed by atoms with Crippen molar-refractivity contribution in [3.8, 4) is 11.3 Å². The average Bonchev–Trinajstić information content (AvgIpc) is 2.57. The number of carbonyl (C=O) groups is 1. The Hall–Kier alpha value is -2.24. The molecule has 0 radical (unpaired) electrons. The molecule has 1 heterocycles. The monoisotopic (exact) mass is 266 g/mol. The maximum absolute atomic E-state index is 13.7. The molecule has 1 aromatic carbocycles. The molecule has 2 rings (SSSR count). The van der Waals surface area contributed by atoms with Gasteiger partial charge in [-0.15, -0.1) is 0 Å². The molecule has 4 nitrogen and oxygen atoms in total. The van der Waals surface area contributed by atoms with Gasteiger partial charge >= 0.3 is 5.97 Å². The van der Waals surface area contributed by atoms with Gasteiger partial charge in [-0.05, 0) is 24.6 Å². The van der Waals surface area contributed by atoms with E-state index >= 15 is 0 Å². The van der Waals surface area contributed by atoms with Crippen molar-refractivity contribution < 1.29 is 18.7 Å². The molecule has 0 bridgehead atoms. The normalized spacial score (nSPS) is 10.7. The van der Waals surface area contributed by atoms with Crippen LogP contribution >= 0.6 is 0 Å². The van der Waals surface area contributed by atoms with Crippen molar-refractivity contribution in [3.05, 3.63) is 41.1 Å². The predicted octanol–water partition coefficient (Wildman–Crippen LogP) is 2.30. The van der Waals surface area contributed by atoms with Crippen LogP contribution in [-0.2, 0) is 18.3 Å². The fourth-order valence-corrected chi connectivity index (χ4v) is 1.99. The molecule has 19 heavy (non-hydrogen) atoms. The number of rotatable bonds is 3. The van der Waals surface area contributed by atoms with E-state index in [-0.39, 0.29) is 12.0 Å². The second-order valence-electron chi connectivity index (χ2n) is 4.24. The van der Waals surface area contributed by atoms with Gasteiger partial charge in [-0.1, -0.05) is 0 Å². The molecule has 0 aliphatic heterocycles. The van der Waals surface area contributed by atoms with Crippen molar-refractivity contribution in [3.63, 3.8) is 0 Å². The SMILES string of the molecule is Cc1c(-c2ccc(F)cc2F)nn(C)c1CC(=O)O. The van der Waals surface area contributed by atoms with Gasteiger partial charge in [0.05, 0.1) is 17.8 Å². The molecule has 6 heteroatoms. The fraction of sp³-hybridized carbons (Fsp3) is 0.231. The Morgan fingerprint density at radius 3 is 2.68 bits per heavy atom. The van der Waals surface area contributed by atoms with Gasteiger partial charge in [0.25, 0.3) is 0 Å². The van der Waals surface area contributed by atoms with Gasteiger partial charge in [0.1, 0.15) is 11.6 Å². The topological polar surface area (TPSA) is 55.1 Å². The van der Waals surface area contributed by atoms with Gasteiger partial charge in [-0.2, -0.15) is 5.10 Å². The third kappa shape index (κ3) is 2.47. The quantitative estimate of drug-likeness (QED) is 0.927. The van der Waals surface area contributed by atoms with Crippen LogP contribution in [0.2, 0.25) is 0 Å². The zero-order chi connectivity index (χ0) is 14.2. The van der Waals surface area contributed by atoms with E-state index in [0.717, 1.165) is 12.1 Å². The van der Waals surface area contributed by atoms with Crippen LogP contribution in [-0.4, -0.2) is 20.9 Å². The molecule has 0 amide bonds. The van der Waals surface area contributed by atoms with Crippen LogP contribution in [0.25, 0.3) is 11.3 Å². The molecule has 100 valence electrons. The molecule has 1 N–H and O–H groups in total. The summed E-state index contributed by atoms with van der Waals surface area (Å²) in [5.41, 5.74) is 1.56. The Morgan fingerprint density at radius 1 is 1.42 bits per heavy atom. The summed E-state index contributed by atoms with van der Waals surface area (Å²) in [5.74, 6) is -2.37. The van der Waals surface area contributed by atoms with E-state index in [0.29, 0.717) is 17.0 Å². The summed E-state index contributed by atoms with van der Waals surface area (Å²) in [6.07, 6.45) is -0.196. The third-order valence-electron chi connectivity index (χ3n) is 2.93. The molecule has 1 aromatic heterocycles. The zero-order valence-corrected chi connectivity index (χ0v) is 10.4. The lowest BCUT2D eigenvalue weighted by Crippen LogP contribution is -2.06. The Kier molecular flexibility index (Phi) is 3.33. The zero-order valence-electron chi connectivity index (χ0n) is 10.4. The molecule has 0 unspecified atom stereocenters. The molecule has 0 aliphatic rings. The minimum atomic E-state index is -0.989. The maximum atomic E-state index is 13.7. The van der Waals surface area contributed by atoms with Gasteiger partial charge in [0.15, 0.2) is 0 Å². The van der Waals surface area contributed by atoms with Crippen molar-refractivity contribution in [1.29, 1.82) is 0 Å². The number of halogens is 2. The van der Waals surface area contributed by atoms with Crippen LogP contribution < -0.4 is 0 Å². The van der Waals surface area contributed by atoms with E-state index in [1.807, 2.05) is 0 Å². The molecular formula is C13H12F2N2O2. The molecule has 2 aromatic rings. The first-order chi connectivity index (χ1) is 8.90. The maximum Gasteiger partial charge on any atom is 0.309 e. The average molecular weight is 266 g/mol. The second kappa shape index (κ2) is 4.79. The summed E-state index contributed by atoms with van der Waals surface area (Å²) >= 11 is 0. The number of carboxylic acids is 1. The van der Waals surface area contributed by atoms with E-state index in [2.05, 4.69) is 5.10 Å². The van der Waals surface area contributed by atoms with Gasteiger partial charge < -0.3 is 5.11 Å². The Bertz CT molecular complexity index is 650. The number of hydrogen-bond donors (Lipinski definition) is 1. The van der Waals surface area contributed by atoms with Gasteiger partial charge in [-0.25, -0.2) is 8.78 Å². The van der Waals surface area contributed by atoms with Crippen LogP contribution in [0.4, 0.5) is 8.78 Å². The number of aromatic nitrogens is 2. The number of hydrogen-bond acceptors (Lipinski definition) is 2. The van der Waals surface area contributed by atoms with Crippen LogP contribution in [0.15, 0.2) is 18.2 Å². The highest BCUT2D eigenvalue weighted by molar-refractivity contribution is 5.72. The molecule has 0 aliphatic carbocycles. The van der Waals surface area contributed by atoms with Crippen molar-refractivity contribution in [2.45, 2.75) is 13.3 Å². The van der Waals surface area contributed by atoms with Crippen LogP contribution in [0.3, 0.4) is 0 Å². The molecule has 0 atom stereocenters. The van der Waals surface area contributed by atoms with Crippen LogP contribution in [0.1, 0.15) is 11.3 Å². The van der Waals surface area contributed by atoms with Crippen LogP contribution in [0, 0.1) is 18.6 Å². The molecule has 0 saturated carbocycles. The highest BCUT2D eigenvalue weighted by atomic mass is 19.1. The Morgan fingerprint density at radius 2 is 2.11 bits per heavy atom. The largest absolute Gasteiger partial charge is 0.481 e. The lowest BCUT2D eigenvalue weighted by atomic mass is 10.1. The summed E-state index contributed by atoms with van der Waals surface area (Å²) in [4.78, 5) is 10.8. The molecular weight excluding hydrogens is 254 g/mol. The summed E-state index contributed by atoms with van der Waals surface area (Å²) < 4.78 is 28.0. The first kappa shape index (κ1) is 13.2. The lowest BCUT2D eigenvalue weighted by Gasteiger charge is -2.01. The Balaban J connectivity index is 2.54. The third-order valence-corrected chi connectivity index (χ3v) is 2.93. The fourth-order valence-electron chi connectivity index (χ4n) is 1.99. The minimum Gasteiger partial charge on any atom is -0.481 e. The summed E-state index contributed by atoms with van der Waals surface area (Å²) in [5, 5.41) is 12.9. The highest BCUT2D eigenvalue weighted by Crippen LogP contribution is 2.27. The number of carboxylic acid groups (broad SMARTS) is 1. The smallest absolute Gasteiger partial charge is 0.309 e. The summed E-state index contributed by atoms with van der Waals surface area (Å²) in [7, 11) is 1.59. The van der Waals surface area contributed by atoms with Crippen LogP contribution in [0.5, 0.6) is 0 Å². The van der Waals surface area contributed by atoms with Crippen molar-refractivity contribution >= 4 is 5.97 Å². The number of nitrogens with zero attached hydrogens (tertiary/aromatic N) is 2. The lowest BCUT2D eigenvalue weighted by molar-refractivity contribution is -0.136. The predicted molar refractivity (Wildman–Crippen MR) is 64.6 cm³/mol. The molecule has 0 fully saturated rings. The summed E-state index contributed by atoms with van der Waals surface area (Å²) in [6, 6.07) is 3.22. The number of aliphatic carboxylic acids is 1. The first-order valence-corrected chi connectivity index (χ1v) is 5.60. The first-order valence-electron chi connectivity index (χ1n) is 5.60. The van der Waals surface area contributed by atoms with Gasteiger partial charge in [0, 0.05) is 18.7 Å². The number of benzene rings is 1. The van der Waals surface area contributed by atoms with E-state index in [9.17, 15) is 13.6 Å². The van der Waals surface area contributed by atoms with E-state index in [1.165, 1.54) is 10.7 Å². The highest BCUT2D eigenvalue weighted by Gasteiger charge is 2.18. The van der Waals surface area contributed by atoms with Gasteiger partial charge in [0.2, 0.25) is 0 Å². The van der Waals surface area contributed by atoms with Gasteiger partial charge in [-0.3, -0.25) is 9.48 Å². The van der Waals surface area contributed by atoms with E-state index in [4.69, 9.17) is 5.11 Å². The molecule has 0 spiro atoms. The van der Waals surface area contributed by atoms with E-state index < -0.39 is 17.6 Å². The van der Waals surface area contributed by atoms with Crippen molar-refractivity contribution in [2.24, 2.45) is 7.05 Å². The van der Waals surface area contributed by atoms with E-state index in [1.54, 1.807) is 14.0 Å².